The van der Waals surface area contributed by atoms with Gasteiger partial charge in [-0.05, 0) is 29.8 Å². The maximum Gasteiger partial charge on any atom is 0.417 e. The molecule has 21 heavy (non-hydrogen) atoms. The Bertz CT molecular complexity index is 698. The summed E-state index contributed by atoms with van der Waals surface area (Å²) in [6, 6.07) is 7.70. The lowest BCUT2D eigenvalue weighted by molar-refractivity contribution is -0.138. The van der Waals surface area contributed by atoms with Crippen LogP contribution in [0.1, 0.15) is 16.8 Å². The number of nitriles is 1. The van der Waals surface area contributed by atoms with Crippen LogP contribution in [0.3, 0.4) is 0 Å². The number of benzene rings is 1. The summed E-state index contributed by atoms with van der Waals surface area (Å²) in [6.07, 6.45) is -2.65. The summed E-state index contributed by atoms with van der Waals surface area (Å²) in [5.74, 6) is 0. The van der Waals surface area contributed by atoms with Crippen molar-refractivity contribution < 1.29 is 13.2 Å². The van der Waals surface area contributed by atoms with Gasteiger partial charge < -0.3 is 9.88 Å². The fourth-order valence-electron chi connectivity index (χ4n) is 1.90. The molecule has 0 radical (unpaired) electrons. The van der Waals surface area contributed by atoms with E-state index in [1.165, 1.54) is 6.07 Å². The molecular weight excluding hydrogens is 347 g/mol. The van der Waals surface area contributed by atoms with Gasteiger partial charge in [-0.15, -0.1) is 0 Å². The third-order valence-corrected chi connectivity index (χ3v) is 3.64. The fourth-order valence-corrected chi connectivity index (χ4v) is 2.37. The van der Waals surface area contributed by atoms with Crippen molar-refractivity contribution in [3.63, 3.8) is 0 Å². The number of hydrogen-bond acceptors (Lipinski definition) is 2. The van der Waals surface area contributed by atoms with Gasteiger partial charge in [0, 0.05) is 29.9 Å². The monoisotopic (exact) mass is 357 g/mol. The molecule has 0 aliphatic heterocycles. The first-order valence-electron chi connectivity index (χ1n) is 5.97. The normalized spacial score (nSPS) is 11.2. The highest BCUT2D eigenvalue weighted by Crippen LogP contribution is 2.36. The van der Waals surface area contributed by atoms with Crippen LogP contribution in [0.2, 0.25) is 0 Å². The molecule has 0 bridgehead atoms. The summed E-state index contributed by atoms with van der Waals surface area (Å²) >= 11 is 2.90. The summed E-state index contributed by atoms with van der Waals surface area (Å²) in [6.45, 7) is 0.342. The van der Waals surface area contributed by atoms with Crippen LogP contribution in [0.15, 0.2) is 34.9 Å². The number of rotatable bonds is 3. The number of hydrogen-bond donors (Lipinski definition) is 1. The molecule has 0 aliphatic rings. The molecule has 110 valence electrons. The lowest BCUT2D eigenvalue weighted by Gasteiger charge is -2.12. The topological polar surface area (TPSA) is 40.8 Å². The summed E-state index contributed by atoms with van der Waals surface area (Å²) in [5, 5.41) is 11.8. The van der Waals surface area contributed by atoms with Gasteiger partial charge in [-0.1, -0.05) is 15.9 Å². The van der Waals surface area contributed by atoms with Crippen molar-refractivity contribution in [1.82, 2.24) is 4.57 Å². The molecule has 7 heteroatoms. The van der Waals surface area contributed by atoms with E-state index in [9.17, 15) is 13.2 Å². The molecule has 0 unspecified atom stereocenters. The lowest BCUT2D eigenvalue weighted by Crippen LogP contribution is -2.07. The van der Waals surface area contributed by atoms with Crippen LogP contribution in [0.5, 0.6) is 0 Å². The van der Waals surface area contributed by atoms with Crippen LogP contribution in [0, 0.1) is 11.3 Å². The van der Waals surface area contributed by atoms with Crippen LogP contribution in [-0.2, 0) is 19.8 Å². The number of halogens is 4. The van der Waals surface area contributed by atoms with Gasteiger partial charge >= 0.3 is 6.18 Å². The van der Waals surface area contributed by atoms with E-state index in [2.05, 4.69) is 21.2 Å². The van der Waals surface area contributed by atoms with Gasteiger partial charge in [0.15, 0.2) is 0 Å². The molecule has 0 amide bonds. The van der Waals surface area contributed by atoms with E-state index >= 15 is 0 Å². The standard InChI is InChI=1S/C14H11BrF3N3/c1-21-8-9(4-11(21)6-19)7-20-10-2-3-13(15)12(5-10)14(16,17)18/h2-5,8,20H,7H2,1H3. The number of nitrogens with one attached hydrogen (secondary N) is 1. The third-order valence-electron chi connectivity index (χ3n) is 2.94. The van der Waals surface area contributed by atoms with E-state index in [1.54, 1.807) is 29.9 Å². The third kappa shape index (κ3) is 3.58. The molecule has 1 aromatic heterocycles. The quantitative estimate of drug-likeness (QED) is 0.889. The molecule has 1 heterocycles. The van der Waals surface area contributed by atoms with Crippen LogP contribution in [-0.4, -0.2) is 4.57 Å². The number of alkyl halides is 3. The first-order chi connectivity index (χ1) is 9.81. The Labute approximate surface area is 128 Å². The average Bonchev–Trinajstić information content (AvgIpc) is 2.77. The maximum atomic E-state index is 12.8. The van der Waals surface area contributed by atoms with Crippen LogP contribution in [0.4, 0.5) is 18.9 Å². The van der Waals surface area contributed by atoms with Crippen molar-refractivity contribution in [2.45, 2.75) is 12.7 Å². The zero-order chi connectivity index (χ0) is 15.6. The van der Waals surface area contributed by atoms with Gasteiger partial charge in [0.05, 0.1) is 5.56 Å². The number of aromatic nitrogens is 1. The number of anilines is 1. The van der Waals surface area contributed by atoms with Crippen molar-refractivity contribution in [1.29, 1.82) is 5.26 Å². The van der Waals surface area contributed by atoms with Crippen LogP contribution >= 0.6 is 15.9 Å². The SMILES string of the molecule is Cn1cc(CNc2ccc(Br)c(C(F)(F)F)c2)cc1C#N. The molecule has 2 aromatic rings. The summed E-state index contributed by atoms with van der Waals surface area (Å²) < 4.78 is 40.1. The molecule has 0 saturated heterocycles. The highest BCUT2D eigenvalue weighted by molar-refractivity contribution is 9.10. The lowest BCUT2D eigenvalue weighted by atomic mass is 10.2. The summed E-state index contributed by atoms with van der Waals surface area (Å²) in [7, 11) is 1.74. The van der Waals surface area contributed by atoms with E-state index < -0.39 is 11.7 Å². The van der Waals surface area contributed by atoms with Crippen molar-refractivity contribution in [3.8, 4) is 6.07 Å². The Kier molecular flexibility index (Phi) is 4.28. The zero-order valence-electron chi connectivity index (χ0n) is 11.0. The molecule has 0 aliphatic carbocycles. The number of nitrogens with zero attached hydrogens (tertiary/aromatic N) is 2. The van der Waals surface area contributed by atoms with Crippen molar-refractivity contribution in [3.05, 3.63) is 51.8 Å². The highest BCUT2D eigenvalue weighted by Gasteiger charge is 2.33. The van der Waals surface area contributed by atoms with E-state index in [1.807, 2.05) is 6.07 Å². The van der Waals surface area contributed by atoms with Crippen LogP contribution in [0.25, 0.3) is 0 Å². The van der Waals surface area contributed by atoms with Crippen molar-refractivity contribution >= 4 is 21.6 Å². The summed E-state index contributed by atoms with van der Waals surface area (Å²) in [5.41, 5.74) is 0.968. The largest absolute Gasteiger partial charge is 0.417 e. The first kappa shape index (κ1) is 15.4. The first-order valence-corrected chi connectivity index (χ1v) is 6.76. The van der Waals surface area contributed by atoms with Crippen molar-refractivity contribution in [2.75, 3.05) is 5.32 Å². The Morgan fingerprint density at radius 2 is 2.05 bits per heavy atom. The van der Waals surface area contributed by atoms with Gasteiger partial charge in [-0.3, -0.25) is 0 Å². The molecule has 0 spiro atoms. The second kappa shape index (κ2) is 5.82. The van der Waals surface area contributed by atoms with Gasteiger partial charge in [-0.2, -0.15) is 18.4 Å². The van der Waals surface area contributed by atoms with Crippen LogP contribution < -0.4 is 5.32 Å². The van der Waals surface area contributed by atoms with E-state index in [0.29, 0.717) is 17.9 Å². The second-order valence-corrected chi connectivity index (χ2v) is 5.36. The van der Waals surface area contributed by atoms with Gasteiger partial charge in [0.1, 0.15) is 11.8 Å². The molecule has 0 fully saturated rings. The maximum absolute atomic E-state index is 12.8. The smallest absolute Gasteiger partial charge is 0.381 e. The molecular formula is C14H11BrF3N3. The molecule has 0 saturated carbocycles. The summed E-state index contributed by atoms with van der Waals surface area (Å²) in [4.78, 5) is 0. The minimum Gasteiger partial charge on any atom is -0.381 e. The Morgan fingerprint density at radius 1 is 1.33 bits per heavy atom. The molecule has 1 aromatic carbocycles. The number of aryl methyl sites for hydroxylation is 1. The van der Waals surface area contributed by atoms with Gasteiger partial charge in [0.2, 0.25) is 0 Å². The predicted octanol–water partition coefficient (Wildman–Crippen LogP) is 4.29. The predicted molar refractivity (Wildman–Crippen MR) is 76.6 cm³/mol. The molecule has 1 N–H and O–H groups in total. The molecule has 0 atom stereocenters. The fraction of sp³-hybridized carbons (Fsp3) is 0.214. The Hall–Kier alpha value is -1.94. The van der Waals surface area contributed by atoms with Gasteiger partial charge in [0.25, 0.3) is 0 Å². The Morgan fingerprint density at radius 3 is 2.62 bits per heavy atom. The Balaban J connectivity index is 2.15. The highest BCUT2D eigenvalue weighted by atomic mass is 79.9. The molecule has 2 rings (SSSR count). The molecule has 3 nitrogen and oxygen atoms in total. The van der Waals surface area contributed by atoms with E-state index in [-0.39, 0.29) is 4.47 Å². The van der Waals surface area contributed by atoms with E-state index in [0.717, 1.165) is 11.6 Å². The second-order valence-electron chi connectivity index (χ2n) is 4.50. The van der Waals surface area contributed by atoms with Crippen molar-refractivity contribution in [2.24, 2.45) is 7.05 Å². The zero-order valence-corrected chi connectivity index (χ0v) is 12.6. The minimum atomic E-state index is -4.41. The minimum absolute atomic E-state index is 0.00651. The average molecular weight is 358 g/mol. The van der Waals surface area contributed by atoms with Gasteiger partial charge in [-0.25, -0.2) is 0 Å². The van der Waals surface area contributed by atoms with E-state index in [4.69, 9.17) is 5.26 Å².